The molecule has 1 saturated carbocycles. The Hall–Kier alpha value is -1.89. The lowest BCUT2D eigenvalue weighted by atomic mass is 9.85. The minimum Gasteiger partial charge on any atom is -0.369 e. The van der Waals surface area contributed by atoms with E-state index in [1.807, 2.05) is 0 Å². The summed E-state index contributed by atoms with van der Waals surface area (Å²) < 4.78 is 0. The number of nitrogens with one attached hydrogen (secondary N) is 1. The van der Waals surface area contributed by atoms with Crippen LogP contribution in [-0.4, -0.2) is 21.9 Å². The van der Waals surface area contributed by atoms with Gasteiger partial charge in [0.15, 0.2) is 0 Å². The van der Waals surface area contributed by atoms with Crippen LogP contribution >= 0.6 is 11.6 Å². The monoisotopic (exact) mass is 298 g/mol. The normalized spacial score (nSPS) is 22.2. The summed E-state index contributed by atoms with van der Waals surface area (Å²) >= 11 is 5.71. The van der Waals surface area contributed by atoms with Crippen molar-refractivity contribution in [3.05, 3.63) is 27.4 Å². The van der Waals surface area contributed by atoms with Gasteiger partial charge < -0.3 is 11.1 Å². The average molecular weight is 299 g/mol. The van der Waals surface area contributed by atoms with Crippen LogP contribution in [0.4, 0.5) is 11.5 Å². The van der Waals surface area contributed by atoms with Gasteiger partial charge in [-0.05, 0) is 25.7 Å². The van der Waals surface area contributed by atoms with Gasteiger partial charge in [0.05, 0.1) is 9.95 Å². The summed E-state index contributed by atoms with van der Waals surface area (Å²) in [6.07, 6.45) is 4.21. The molecule has 3 N–H and O–H groups in total. The lowest BCUT2D eigenvalue weighted by molar-refractivity contribution is -0.384. The number of carbonyl (C=O) groups is 1. The highest BCUT2D eigenvalue weighted by molar-refractivity contribution is 6.30. The fourth-order valence-electron chi connectivity index (χ4n) is 2.39. The van der Waals surface area contributed by atoms with E-state index >= 15 is 0 Å². The van der Waals surface area contributed by atoms with Gasteiger partial charge in [-0.3, -0.25) is 14.9 Å². The Balaban J connectivity index is 2.04. The Labute approximate surface area is 120 Å². The number of nitrogens with two attached hydrogens (primary N) is 1. The summed E-state index contributed by atoms with van der Waals surface area (Å²) in [4.78, 5) is 25.5. The standard InChI is InChI=1S/C12H15ClN4O3/c13-8-5-10(17(19)20)12(15-6-8)16-9-3-1-7(2-4-9)11(14)18/h5-7,9H,1-4H2,(H2,14,18)(H,15,16). The Morgan fingerprint density at radius 3 is 2.65 bits per heavy atom. The molecule has 0 spiro atoms. The van der Waals surface area contributed by atoms with E-state index in [4.69, 9.17) is 17.3 Å². The van der Waals surface area contributed by atoms with Gasteiger partial charge >= 0.3 is 5.69 Å². The third-order valence-corrected chi connectivity index (χ3v) is 3.71. The molecule has 0 radical (unpaired) electrons. The fourth-order valence-corrected chi connectivity index (χ4v) is 2.55. The van der Waals surface area contributed by atoms with Crippen LogP contribution in [-0.2, 0) is 4.79 Å². The Kier molecular flexibility index (Phi) is 4.39. The van der Waals surface area contributed by atoms with Gasteiger partial charge in [-0.15, -0.1) is 0 Å². The number of pyridine rings is 1. The third-order valence-electron chi connectivity index (χ3n) is 3.50. The van der Waals surface area contributed by atoms with Crippen molar-refractivity contribution in [3.8, 4) is 0 Å². The smallest absolute Gasteiger partial charge is 0.312 e. The van der Waals surface area contributed by atoms with Crippen LogP contribution in [0.1, 0.15) is 25.7 Å². The van der Waals surface area contributed by atoms with Gasteiger partial charge in [0.1, 0.15) is 0 Å². The first-order chi connectivity index (χ1) is 9.47. The van der Waals surface area contributed by atoms with Gasteiger partial charge in [0.25, 0.3) is 0 Å². The molecule has 7 nitrogen and oxygen atoms in total. The Morgan fingerprint density at radius 1 is 1.45 bits per heavy atom. The van der Waals surface area contributed by atoms with Crippen LogP contribution in [0.5, 0.6) is 0 Å². The summed E-state index contributed by atoms with van der Waals surface area (Å²) in [7, 11) is 0. The van der Waals surface area contributed by atoms with Crippen molar-refractivity contribution in [2.75, 3.05) is 5.32 Å². The molecule has 1 fully saturated rings. The van der Waals surface area contributed by atoms with Gasteiger partial charge in [-0.2, -0.15) is 0 Å². The largest absolute Gasteiger partial charge is 0.369 e. The second-order valence-corrected chi connectivity index (χ2v) is 5.31. The van der Waals surface area contributed by atoms with E-state index in [1.165, 1.54) is 12.3 Å². The van der Waals surface area contributed by atoms with Crippen LogP contribution in [0.3, 0.4) is 0 Å². The molecule has 0 aromatic carbocycles. The zero-order valence-corrected chi connectivity index (χ0v) is 11.5. The number of anilines is 1. The lowest BCUT2D eigenvalue weighted by Gasteiger charge is -2.27. The number of aromatic nitrogens is 1. The molecule has 1 heterocycles. The van der Waals surface area contributed by atoms with E-state index in [0.717, 1.165) is 12.8 Å². The number of nitrogens with zero attached hydrogens (tertiary/aromatic N) is 2. The van der Waals surface area contributed by atoms with E-state index in [-0.39, 0.29) is 34.4 Å². The number of primary amides is 1. The van der Waals surface area contributed by atoms with Crippen molar-refractivity contribution in [2.45, 2.75) is 31.7 Å². The zero-order valence-electron chi connectivity index (χ0n) is 10.7. The van der Waals surface area contributed by atoms with Crippen molar-refractivity contribution < 1.29 is 9.72 Å². The molecule has 0 saturated heterocycles. The summed E-state index contributed by atoms with van der Waals surface area (Å²) in [6, 6.07) is 1.32. The lowest BCUT2D eigenvalue weighted by Crippen LogP contribution is -2.32. The van der Waals surface area contributed by atoms with Gasteiger partial charge in [0.2, 0.25) is 11.7 Å². The topological polar surface area (TPSA) is 111 Å². The Morgan fingerprint density at radius 2 is 2.10 bits per heavy atom. The summed E-state index contributed by atoms with van der Waals surface area (Å²) in [5.74, 6) is -0.165. The minimum absolute atomic E-state index is 0.0537. The van der Waals surface area contributed by atoms with Crippen molar-refractivity contribution >= 4 is 29.0 Å². The second-order valence-electron chi connectivity index (χ2n) is 4.87. The first kappa shape index (κ1) is 14.5. The zero-order chi connectivity index (χ0) is 14.7. The van der Waals surface area contributed by atoms with Crippen molar-refractivity contribution in [2.24, 2.45) is 11.7 Å². The molecule has 0 bridgehead atoms. The predicted octanol–water partition coefficient (Wildman–Crippen LogP) is 2.10. The van der Waals surface area contributed by atoms with E-state index in [0.29, 0.717) is 12.8 Å². The molecule has 108 valence electrons. The number of hydrogen-bond acceptors (Lipinski definition) is 5. The predicted molar refractivity (Wildman–Crippen MR) is 74.5 cm³/mol. The molecule has 0 atom stereocenters. The second kappa shape index (κ2) is 6.04. The SMILES string of the molecule is NC(=O)C1CCC(Nc2ncc(Cl)cc2[N+](=O)[O-])CC1. The number of halogens is 1. The number of amides is 1. The summed E-state index contributed by atoms with van der Waals surface area (Å²) in [5.41, 5.74) is 5.13. The van der Waals surface area contributed by atoms with Crippen LogP contribution < -0.4 is 11.1 Å². The van der Waals surface area contributed by atoms with E-state index in [2.05, 4.69) is 10.3 Å². The highest BCUT2D eigenvalue weighted by atomic mass is 35.5. The molecular formula is C12H15ClN4O3. The Bertz CT molecular complexity index is 529. The maximum Gasteiger partial charge on any atom is 0.312 e. The molecule has 1 amide bonds. The van der Waals surface area contributed by atoms with E-state index in [9.17, 15) is 14.9 Å². The maximum atomic E-state index is 11.1. The highest BCUT2D eigenvalue weighted by Crippen LogP contribution is 2.30. The molecule has 1 aromatic heterocycles. The number of nitro groups is 1. The van der Waals surface area contributed by atoms with Crippen molar-refractivity contribution in [1.82, 2.24) is 4.98 Å². The van der Waals surface area contributed by atoms with E-state index in [1.54, 1.807) is 0 Å². The molecule has 20 heavy (non-hydrogen) atoms. The van der Waals surface area contributed by atoms with Crippen molar-refractivity contribution in [3.63, 3.8) is 0 Å². The molecular weight excluding hydrogens is 284 g/mol. The fraction of sp³-hybridized carbons (Fsp3) is 0.500. The maximum absolute atomic E-state index is 11.1. The third kappa shape index (κ3) is 3.36. The molecule has 1 aliphatic carbocycles. The quantitative estimate of drug-likeness (QED) is 0.653. The molecule has 0 unspecified atom stereocenters. The minimum atomic E-state index is -0.518. The van der Waals surface area contributed by atoms with Gasteiger partial charge in [0, 0.05) is 24.2 Å². The molecule has 2 rings (SSSR count). The molecule has 1 aromatic rings. The first-order valence-corrected chi connectivity index (χ1v) is 6.71. The number of carbonyl (C=O) groups excluding carboxylic acids is 1. The van der Waals surface area contributed by atoms with Crippen LogP contribution in [0, 0.1) is 16.0 Å². The first-order valence-electron chi connectivity index (χ1n) is 6.33. The average Bonchev–Trinajstić information content (AvgIpc) is 2.41. The number of rotatable bonds is 4. The van der Waals surface area contributed by atoms with Crippen molar-refractivity contribution in [1.29, 1.82) is 0 Å². The summed E-state index contributed by atoms with van der Waals surface area (Å²) in [6.45, 7) is 0. The molecule has 8 heteroatoms. The van der Waals surface area contributed by atoms with Gasteiger partial charge in [-0.25, -0.2) is 4.98 Å². The number of hydrogen-bond donors (Lipinski definition) is 2. The van der Waals surface area contributed by atoms with Crippen LogP contribution in [0.25, 0.3) is 0 Å². The van der Waals surface area contributed by atoms with Gasteiger partial charge in [-0.1, -0.05) is 11.6 Å². The molecule has 1 aliphatic rings. The van der Waals surface area contributed by atoms with Crippen LogP contribution in [0.15, 0.2) is 12.3 Å². The highest BCUT2D eigenvalue weighted by Gasteiger charge is 2.26. The molecule has 0 aliphatic heterocycles. The van der Waals surface area contributed by atoms with E-state index < -0.39 is 4.92 Å². The summed E-state index contributed by atoms with van der Waals surface area (Å²) in [5, 5.41) is 14.2. The van der Waals surface area contributed by atoms with Crippen LogP contribution in [0.2, 0.25) is 5.02 Å².